The number of para-hydroxylation sites is 1. The number of benzene rings is 1. The minimum absolute atomic E-state index is 0.889. The first-order valence-electron chi connectivity index (χ1n) is 6.17. The molecule has 1 aromatic rings. The van der Waals surface area contributed by atoms with Gasteiger partial charge in [-0.3, -0.25) is 0 Å². The average Bonchev–Trinajstić information content (AvgIpc) is 2.16. The molecule has 0 unspecified atom stereocenters. The molecule has 0 N–H and O–H groups in total. The lowest BCUT2D eigenvalue weighted by molar-refractivity contribution is 0.338. The highest BCUT2D eigenvalue weighted by molar-refractivity contribution is 6.70. The van der Waals surface area contributed by atoms with Crippen molar-refractivity contribution in [3.05, 3.63) is 29.8 Å². The second kappa shape index (κ2) is 5.71. The van der Waals surface area contributed by atoms with Crippen molar-refractivity contribution in [2.75, 3.05) is 0 Å². The highest BCUT2D eigenvalue weighted by Gasteiger charge is 2.18. The lowest BCUT2D eigenvalue weighted by atomic mass is 10.2. The largest absolute Gasteiger partial charge is 0.544 e. The summed E-state index contributed by atoms with van der Waals surface area (Å²) in [5, 5.41) is 4.08. The summed E-state index contributed by atoms with van der Waals surface area (Å²) >= 11 is 0. The van der Waals surface area contributed by atoms with Gasteiger partial charge in [-0.25, -0.2) is 0 Å². The number of nitrogens with zero attached hydrogens (tertiary/aromatic N) is 1. The van der Waals surface area contributed by atoms with Crippen molar-refractivity contribution in [2.45, 2.75) is 39.3 Å². The Labute approximate surface area is 112 Å². The van der Waals surface area contributed by atoms with Gasteiger partial charge in [0.1, 0.15) is 5.75 Å². The fraction of sp³-hybridized carbons (Fsp3) is 0.462. The molecule has 0 saturated carbocycles. The van der Waals surface area contributed by atoms with E-state index < -0.39 is 16.6 Å². The Hall–Kier alpha value is -1.08. The van der Waals surface area contributed by atoms with Crippen LogP contribution in [0.25, 0.3) is 0 Å². The normalized spacial score (nSPS) is 12.8. The van der Waals surface area contributed by atoms with E-state index in [9.17, 15) is 0 Å². The van der Waals surface area contributed by atoms with Crippen LogP contribution in [0.5, 0.6) is 5.75 Å². The van der Waals surface area contributed by atoms with E-state index in [1.807, 2.05) is 24.3 Å². The predicted octanol–water partition coefficient (Wildman–Crippen LogP) is 4.09. The van der Waals surface area contributed by atoms with Crippen molar-refractivity contribution in [1.82, 2.24) is 0 Å². The molecule has 0 aromatic heterocycles. The number of hydrogen-bond donors (Lipinski definition) is 0. The summed E-state index contributed by atoms with van der Waals surface area (Å²) in [7, 11) is -3.20. The second-order valence-electron chi connectivity index (χ2n) is 6.19. The summed E-state index contributed by atoms with van der Waals surface area (Å²) < 4.78 is 11.5. The summed E-state index contributed by atoms with van der Waals surface area (Å²) in [6, 6.07) is 7.93. The Morgan fingerprint density at radius 1 is 0.944 bits per heavy atom. The van der Waals surface area contributed by atoms with Gasteiger partial charge in [0.2, 0.25) is 8.32 Å². The zero-order valence-corrected chi connectivity index (χ0v) is 14.2. The van der Waals surface area contributed by atoms with E-state index in [1.165, 1.54) is 0 Å². The van der Waals surface area contributed by atoms with Gasteiger partial charge in [-0.15, -0.1) is 5.16 Å². The van der Waals surface area contributed by atoms with Gasteiger partial charge < -0.3 is 8.95 Å². The quantitative estimate of drug-likeness (QED) is 0.462. The molecule has 0 spiro atoms. The van der Waals surface area contributed by atoms with E-state index >= 15 is 0 Å². The highest BCUT2D eigenvalue weighted by Crippen LogP contribution is 2.20. The summed E-state index contributed by atoms with van der Waals surface area (Å²) in [6.07, 6.45) is 1.74. The van der Waals surface area contributed by atoms with Crippen LogP contribution in [0.1, 0.15) is 5.56 Å². The van der Waals surface area contributed by atoms with Gasteiger partial charge in [0, 0.05) is 5.56 Å². The standard InChI is InChI=1S/C13H23NO2Si2/c1-17(2,3)15-13-10-8-7-9-12(13)11-14-16-18(4,5)6/h7-11H,1-6H3. The van der Waals surface area contributed by atoms with Gasteiger partial charge in [-0.2, -0.15) is 0 Å². The van der Waals surface area contributed by atoms with Crippen LogP contribution in [0.3, 0.4) is 0 Å². The lowest BCUT2D eigenvalue weighted by Gasteiger charge is -2.20. The molecule has 0 aliphatic rings. The Morgan fingerprint density at radius 3 is 2.11 bits per heavy atom. The molecule has 0 atom stereocenters. The van der Waals surface area contributed by atoms with Crippen molar-refractivity contribution in [1.29, 1.82) is 0 Å². The molecular weight excluding hydrogens is 258 g/mol. The average molecular weight is 282 g/mol. The zero-order valence-electron chi connectivity index (χ0n) is 12.2. The van der Waals surface area contributed by atoms with Crippen LogP contribution in [0.4, 0.5) is 0 Å². The van der Waals surface area contributed by atoms with E-state index in [1.54, 1.807) is 6.21 Å². The maximum absolute atomic E-state index is 6.02. The van der Waals surface area contributed by atoms with Crippen molar-refractivity contribution < 1.29 is 8.95 Å². The molecule has 0 radical (unpaired) electrons. The first-order valence-corrected chi connectivity index (χ1v) is 13.0. The maximum atomic E-state index is 6.02. The van der Waals surface area contributed by atoms with Gasteiger partial charge in [-0.05, 0) is 51.4 Å². The van der Waals surface area contributed by atoms with Crippen molar-refractivity contribution >= 4 is 22.8 Å². The van der Waals surface area contributed by atoms with Crippen LogP contribution in [0.15, 0.2) is 29.4 Å². The molecule has 3 nitrogen and oxygen atoms in total. The minimum Gasteiger partial charge on any atom is -0.544 e. The second-order valence-corrected chi connectivity index (χ2v) is 15.0. The molecule has 1 rings (SSSR count). The first kappa shape index (κ1) is 15.0. The third kappa shape index (κ3) is 6.02. The molecule has 0 aliphatic carbocycles. The molecule has 1 aromatic carbocycles. The van der Waals surface area contributed by atoms with Crippen LogP contribution in [0.2, 0.25) is 39.3 Å². The molecule has 0 heterocycles. The molecular formula is C13H23NO2Si2. The van der Waals surface area contributed by atoms with Gasteiger partial charge in [0.25, 0.3) is 8.32 Å². The first-order chi connectivity index (χ1) is 8.17. The van der Waals surface area contributed by atoms with Crippen molar-refractivity contribution in [3.63, 3.8) is 0 Å². The molecule has 0 saturated heterocycles. The van der Waals surface area contributed by atoms with Crippen LogP contribution < -0.4 is 4.43 Å². The van der Waals surface area contributed by atoms with E-state index in [-0.39, 0.29) is 0 Å². The van der Waals surface area contributed by atoms with E-state index in [2.05, 4.69) is 44.4 Å². The molecule has 0 amide bonds. The molecule has 0 fully saturated rings. The summed E-state index contributed by atoms with van der Waals surface area (Å²) in [4.78, 5) is 0. The Kier molecular flexibility index (Phi) is 4.75. The summed E-state index contributed by atoms with van der Waals surface area (Å²) in [5.74, 6) is 0.889. The zero-order chi connectivity index (χ0) is 13.8. The van der Waals surface area contributed by atoms with Gasteiger partial charge in [0.05, 0.1) is 6.21 Å². The minimum atomic E-state index is -1.61. The van der Waals surface area contributed by atoms with E-state index in [0.717, 1.165) is 11.3 Å². The van der Waals surface area contributed by atoms with Crippen LogP contribution in [-0.2, 0) is 4.53 Å². The fourth-order valence-electron chi connectivity index (χ4n) is 1.25. The van der Waals surface area contributed by atoms with Crippen LogP contribution >= 0.6 is 0 Å². The molecule has 5 heteroatoms. The topological polar surface area (TPSA) is 30.8 Å². The van der Waals surface area contributed by atoms with Gasteiger partial charge in [-0.1, -0.05) is 12.1 Å². The lowest BCUT2D eigenvalue weighted by Crippen LogP contribution is -2.29. The van der Waals surface area contributed by atoms with E-state index in [4.69, 9.17) is 8.95 Å². The van der Waals surface area contributed by atoms with Crippen LogP contribution in [0, 0.1) is 0 Å². The Morgan fingerprint density at radius 2 is 1.56 bits per heavy atom. The summed E-state index contributed by atoms with van der Waals surface area (Å²) in [6.45, 7) is 12.8. The number of hydrogen-bond acceptors (Lipinski definition) is 3. The molecule has 100 valence electrons. The number of oxime groups is 1. The molecule has 18 heavy (non-hydrogen) atoms. The fourth-order valence-corrected chi connectivity index (χ4v) is 2.47. The molecule has 0 aliphatic heterocycles. The third-order valence-corrected chi connectivity index (χ3v) is 3.34. The van der Waals surface area contributed by atoms with Crippen molar-refractivity contribution in [2.24, 2.45) is 5.16 Å². The third-order valence-electron chi connectivity index (χ3n) is 1.85. The van der Waals surface area contributed by atoms with Gasteiger partial charge >= 0.3 is 0 Å². The number of rotatable bonds is 5. The molecule has 0 bridgehead atoms. The van der Waals surface area contributed by atoms with E-state index in [0.29, 0.717) is 0 Å². The van der Waals surface area contributed by atoms with Crippen molar-refractivity contribution in [3.8, 4) is 5.75 Å². The maximum Gasteiger partial charge on any atom is 0.278 e. The van der Waals surface area contributed by atoms with Crippen LogP contribution in [-0.4, -0.2) is 22.8 Å². The van der Waals surface area contributed by atoms with Gasteiger partial charge in [0.15, 0.2) is 0 Å². The smallest absolute Gasteiger partial charge is 0.278 e. The summed E-state index contributed by atoms with van der Waals surface area (Å²) in [5.41, 5.74) is 0.971. The SMILES string of the molecule is C[Si](C)(C)ON=Cc1ccccc1O[Si](C)(C)C. The Balaban J connectivity index is 2.83. The highest BCUT2D eigenvalue weighted by atomic mass is 28.4. The Bertz CT molecular complexity index is 420. The predicted molar refractivity (Wildman–Crippen MR) is 82.4 cm³/mol. The monoisotopic (exact) mass is 281 g/mol.